The molecule has 3 rings (SSSR count). The summed E-state index contributed by atoms with van der Waals surface area (Å²) in [6.45, 7) is 8.32. The van der Waals surface area contributed by atoms with Gasteiger partial charge in [-0.05, 0) is 54.5 Å². The molecule has 1 aromatic carbocycles. The van der Waals surface area contributed by atoms with Crippen molar-refractivity contribution in [1.29, 1.82) is 0 Å². The predicted molar refractivity (Wildman–Crippen MR) is 101 cm³/mol. The van der Waals surface area contributed by atoms with Crippen molar-refractivity contribution >= 4 is 11.6 Å². The maximum atomic E-state index is 6.37. The normalized spacial score (nSPS) is 11.9. The zero-order chi connectivity index (χ0) is 18.6. The summed E-state index contributed by atoms with van der Waals surface area (Å²) in [5.74, 6) is 0.827. The molecule has 0 saturated heterocycles. The first-order valence-corrected chi connectivity index (χ1v) is 8.93. The number of benzene rings is 1. The van der Waals surface area contributed by atoms with Crippen LogP contribution in [0.4, 0.5) is 0 Å². The fourth-order valence-corrected chi connectivity index (χ4v) is 3.01. The van der Waals surface area contributed by atoms with Crippen LogP contribution in [0.3, 0.4) is 0 Å². The lowest BCUT2D eigenvalue weighted by atomic mass is 10.1. The molecule has 26 heavy (non-hydrogen) atoms. The van der Waals surface area contributed by atoms with Gasteiger partial charge in [0.15, 0.2) is 5.82 Å². The van der Waals surface area contributed by atoms with E-state index < -0.39 is 0 Å². The minimum atomic E-state index is -0.177. The van der Waals surface area contributed by atoms with Gasteiger partial charge in [-0.15, -0.1) is 5.10 Å². The molecular formula is C19H23ClN6. The fraction of sp³-hybridized carbons (Fsp3) is 0.368. The number of pyridine rings is 1. The van der Waals surface area contributed by atoms with Crippen LogP contribution in [-0.2, 0) is 25.2 Å². The Kier molecular flexibility index (Phi) is 5.64. The molecule has 0 spiro atoms. The van der Waals surface area contributed by atoms with Gasteiger partial charge in [-0.2, -0.15) is 0 Å². The van der Waals surface area contributed by atoms with Crippen molar-refractivity contribution in [3.8, 4) is 0 Å². The van der Waals surface area contributed by atoms with Crippen LogP contribution < -0.4 is 0 Å². The van der Waals surface area contributed by atoms with Crippen LogP contribution in [0.25, 0.3) is 0 Å². The minimum Gasteiger partial charge on any atom is -0.287 e. The van der Waals surface area contributed by atoms with Crippen LogP contribution in [0.5, 0.6) is 0 Å². The summed E-state index contributed by atoms with van der Waals surface area (Å²) in [6, 6.07) is 11.9. The van der Waals surface area contributed by atoms with E-state index in [1.165, 1.54) is 0 Å². The maximum absolute atomic E-state index is 6.37. The molecular weight excluding hydrogens is 348 g/mol. The summed E-state index contributed by atoms with van der Waals surface area (Å²) in [7, 11) is 0. The van der Waals surface area contributed by atoms with E-state index in [1.807, 2.05) is 41.2 Å². The average Bonchev–Trinajstić information content (AvgIpc) is 3.06. The predicted octanol–water partition coefficient (Wildman–Crippen LogP) is 3.68. The van der Waals surface area contributed by atoms with Crippen LogP contribution >= 0.6 is 11.6 Å². The SMILES string of the molecule is CC(C)(C)n1nnnc1CN(Cc1cccnc1)Cc1ccccc1Cl. The molecule has 0 saturated carbocycles. The monoisotopic (exact) mass is 370 g/mol. The third-order valence-electron chi connectivity index (χ3n) is 4.02. The number of rotatable bonds is 6. The Bertz CT molecular complexity index is 840. The van der Waals surface area contributed by atoms with E-state index in [0.29, 0.717) is 13.1 Å². The number of aromatic nitrogens is 5. The standard InChI is InChI=1S/C19H23ClN6/c1-19(2,3)26-18(22-23-24-26)14-25(12-15-7-6-10-21-11-15)13-16-8-4-5-9-17(16)20/h4-11H,12-14H2,1-3H3. The third-order valence-corrected chi connectivity index (χ3v) is 4.38. The largest absolute Gasteiger partial charge is 0.287 e. The number of hydrogen-bond acceptors (Lipinski definition) is 5. The van der Waals surface area contributed by atoms with E-state index in [0.717, 1.165) is 28.5 Å². The van der Waals surface area contributed by atoms with Crippen molar-refractivity contribution in [2.75, 3.05) is 0 Å². The Balaban J connectivity index is 1.86. The summed E-state index contributed by atoms with van der Waals surface area (Å²) >= 11 is 6.37. The molecule has 3 aromatic rings. The molecule has 0 amide bonds. The summed E-state index contributed by atoms with van der Waals surface area (Å²) < 4.78 is 1.87. The molecule has 0 N–H and O–H groups in total. The second-order valence-electron chi connectivity index (χ2n) is 7.28. The van der Waals surface area contributed by atoms with Crippen LogP contribution in [0.2, 0.25) is 5.02 Å². The van der Waals surface area contributed by atoms with Crippen molar-refractivity contribution in [2.24, 2.45) is 0 Å². The first-order chi connectivity index (χ1) is 12.4. The van der Waals surface area contributed by atoms with Gasteiger partial charge in [0, 0.05) is 30.5 Å². The van der Waals surface area contributed by atoms with E-state index in [2.05, 4.69) is 52.2 Å². The first-order valence-electron chi connectivity index (χ1n) is 8.56. The van der Waals surface area contributed by atoms with Crippen molar-refractivity contribution in [1.82, 2.24) is 30.1 Å². The minimum absolute atomic E-state index is 0.177. The highest BCUT2D eigenvalue weighted by Crippen LogP contribution is 2.21. The summed E-state index contributed by atoms with van der Waals surface area (Å²) in [4.78, 5) is 6.49. The van der Waals surface area contributed by atoms with E-state index in [9.17, 15) is 0 Å². The highest BCUT2D eigenvalue weighted by Gasteiger charge is 2.22. The van der Waals surface area contributed by atoms with Crippen molar-refractivity contribution < 1.29 is 0 Å². The van der Waals surface area contributed by atoms with Gasteiger partial charge >= 0.3 is 0 Å². The van der Waals surface area contributed by atoms with E-state index >= 15 is 0 Å². The summed E-state index contributed by atoms with van der Waals surface area (Å²) in [6.07, 6.45) is 3.66. The highest BCUT2D eigenvalue weighted by molar-refractivity contribution is 6.31. The van der Waals surface area contributed by atoms with Crippen LogP contribution in [-0.4, -0.2) is 30.1 Å². The van der Waals surface area contributed by atoms with Gasteiger partial charge < -0.3 is 0 Å². The maximum Gasteiger partial charge on any atom is 0.165 e. The van der Waals surface area contributed by atoms with E-state index in [4.69, 9.17) is 11.6 Å². The number of halogens is 1. The molecule has 0 radical (unpaired) electrons. The number of tetrazole rings is 1. The third kappa shape index (κ3) is 4.65. The van der Waals surface area contributed by atoms with Crippen LogP contribution in [0.15, 0.2) is 48.8 Å². The van der Waals surface area contributed by atoms with Crippen LogP contribution in [0.1, 0.15) is 37.7 Å². The van der Waals surface area contributed by atoms with Crippen molar-refractivity contribution in [3.63, 3.8) is 0 Å². The molecule has 0 aliphatic rings. The first kappa shape index (κ1) is 18.5. The molecule has 6 nitrogen and oxygen atoms in total. The molecule has 0 unspecified atom stereocenters. The molecule has 0 fully saturated rings. The number of hydrogen-bond donors (Lipinski definition) is 0. The lowest BCUT2D eigenvalue weighted by Gasteiger charge is -2.25. The van der Waals surface area contributed by atoms with E-state index in [-0.39, 0.29) is 5.54 Å². The summed E-state index contributed by atoms with van der Waals surface area (Å²) in [5.41, 5.74) is 2.03. The molecule has 136 valence electrons. The number of nitrogens with zero attached hydrogens (tertiary/aromatic N) is 6. The molecule has 0 aliphatic heterocycles. The van der Waals surface area contributed by atoms with E-state index in [1.54, 1.807) is 6.20 Å². The summed E-state index contributed by atoms with van der Waals surface area (Å²) in [5, 5.41) is 13.0. The Hall–Kier alpha value is -2.31. The second kappa shape index (κ2) is 7.93. The molecule has 2 aromatic heterocycles. The highest BCUT2D eigenvalue weighted by atomic mass is 35.5. The topological polar surface area (TPSA) is 59.7 Å². The Morgan fingerprint density at radius 1 is 1.04 bits per heavy atom. The average molecular weight is 371 g/mol. The van der Waals surface area contributed by atoms with Gasteiger partial charge in [0.05, 0.1) is 12.1 Å². The van der Waals surface area contributed by atoms with Gasteiger partial charge in [-0.25, -0.2) is 4.68 Å². The Morgan fingerprint density at radius 3 is 2.54 bits per heavy atom. The van der Waals surface area contributed by atoms with Gasteiger partial charge in [-0.3, -0.25) is 9.88 Å². The molecule has 7 heteroatoms. The van der Waals surface area contributed by atoms with Crippen LogP contribution in [0, 0.1) is 0 Å². The smallest absolute Gasteiger partial charge is 0.165 e. The molecule has 0 bridgehead atoms. The molecule has 0 atom stereocenters. The lowest BCUT2D eigenvalue weighted by molar-refractivity contribution is 0.224. The van der Waals surface area contributed by atoms with Gasteiger partial charge in [0.25, 0.3) is 0 Å². The Morgan fingerprint density at radius 2 is 1.85 bits per heavy atom. The quantitative estimate of drug-likeness (QED) is 0.662. The fourth-order valence-electron chi connectivity index (χ4n) is 2.81. The second-order valence-corrected chi connectivity index (χ2v) is 7.68. The molecule has 2 heterocycles. The van der Waals surface area contributed by atoms with Gasteiger partial charge in [-0.1, -0.05) is 35.9 Å². The zero-order valence-corrected chi connectivity index (χ0v) is 16.1. The van der Waals surface area contributed by atoms with Crippen molar-refractivity contribution in [3.05, 3.63) is 70.8 Å². The van der Waals surface area contributed by atoms with Gasteiger partial charge in [0.2, 0.25) is 0 Å². The van der Waals surface area contributed by atoms with Crippen molar-refractivity contribution in [2.45, 2.75) is 45.9 Å². The Labute approximate surface area is 158 Å². The van der Waals surface area contributed by atoms with Gasteiger partial charge in [0.1, 0.15) is 0 Å². The molecule has 0 aliphatic carbocycles. The zero-order valence-electron chi connectivity index (χ0n) is 15.3. The lowest BCUT2D eigenvalue weighted by Crippen LogP contribution is -2.30.